The van der Waals surface area contributed by atoms with Gasteiger partial charge < -0.3 is 0 Å². The van der Waals surface area contributed by atoms with Crippen LogP contribution in [0.1, 0.15) is 38.4 Å². The summed E-state index contributed by atoms with van der Waals surface area (Å²) < 4.78 is 255. The van der Waals surface area contributed by atoms with E-state index in [1.54, 1.807) is 0 Å². The molecule has 0 aliphatic rings. The van der Waals surface area contributed by atoms with E-state index in [0.29, 0.717) is 0 Å². The summed E-state index contributed by atoms with van der Waals surface area (Å²) in [6.07, 6.45) is 0. The zero-order valence-electron chi connectivity index (χ0n) is 52.0. The van der Waals surface area contributed by atoms with E-state index in [9.17, 15) is 17.8 Å². The van der Waals surface area contributed by atoms with Gasteiger partial charge in [0.2, 0.25) is 0 Å². The van der Waals surface area contributed by atoms with Crippen LogP contribution in [0.25, 0.3) is 109 Å². The zero-order chi connectivity index (χ0) is 55.7. The second-order valence-corrected chi connectivity index (χ2v) is 11.0. The predicted octanol–water partition coefficient (Wildman–Crippen LogP) is 13.6. The van der Waals surface area contributed by atoms with Gasteiger partial charge in [0, 0.05) is 0 Å². The van der Waals surface area contributed by atoms with E-state index < -0.39 is 256 Å². The van der Waals surface area contributed by atoms with E-state index in [2.05, 4.69) is 0 Å². The Kier molecular flexibility index (Phi) is 2.19. The van der Waals surface area contributed by atoms with Gasteiger partial charge in [-0.05, 0) is 121 Å². The number of hydrogen-bond acceptors (Lipinski definition) is 0. The summed E-state index contributed by atoms with van der Waals surface area (Å²) >= 11 is 0. The third-order valence-corrected chi connectivity index (χ3v) is 8.44. The van der Waals surface area contributed by atoms with Crippen molar-refractivity contribution in [2.24, 2.45) is 0 Å². The van der Waals surface area contributed by atoms with Crippen LogP contribution in [0.3, 0.4) is 0 Å². The third-order valence-electron chi connectivity index (χ3n) is 8.44. The molecule has 0 fully saturated rings. The van der Waals surface area contributed by atoms with E-state index in [0.717, 1.165) is 0 Å². The maximum atomic E-state index is 9.97. The molecular weight excluding hydrogens is 577 g/mol. The molecule has 0 saturated heterocycles. The molecule has 48 heavy (non-hydrogen) atoms. The molecule has 0 nitrogen and oxygen atoms in total. The molecule has 0 amide bonds. The molecular formula is C48H28. The number of hydrogen-bond donors (Lipinski definition) is 0. The molecule has 0 heterocycles. The Morgan fingerprint density at radius 3 is 1.33 bits per heavy atom. The number of fused-ring (bicyclic) bond motifs is 1. The van der Waals surface area contributed by atoms with Gasteiger partial charge in [0.15, 0.2) is 0 Å². The van der Waals surface area contributed by atoms with Crippen LogP contribution in [0.2, 0.25) is 0 Å². The van der Waals surface area contributed by atoms with Crippen LogP contribution in [0.5, 0.6) is 0 Å². The summed E-state index contributed by atoms with van der Waals surface area (Å²) in [5, 5.41) is -6.28. The predicted molar refractivity (Wildman–Crippen MR) is 208 cm³/mol. The van der Waals surface area contributed by atoms with Crippen molar-refractivity contribution >= 4 is 75.4 Å². The normalized spacial score (nSPS) is 20.3. The molecule has 0 unspecified atom stereocenters. The highest BCUT2D eigenvalue weighted by molar-refractivity contribution is 6.27. The topological polar surface area (TPSA) is 0 Å². The summed E-state index contributed by atoms with van der Waals surface area (Å²) in [6.45, 7) is 0. The van der Waals surface area contributed by atoms with Crippen LogP contribution >= 0.6 is 0 Å². The van der Waals surface area contributed by atoms with E-state index in [1.165, 1.54) is 0 Å². The first-order valence-electron chi connectivity index (χ1n) is 28.5. The second kappa shape index (κ2) is 9.64. The Morgan fingerprint density at radius 2 is 0.708 bits per heavy atom. The molecule has 11 rings (SSSR count). The van der Waals surface area contributed by atoms with Crippen molar-refractivity contribution in [1.82, 2.24) is 0 Å². The fourth-order valence-electron chi connectivity index (χ4n) is 6.31. The van der Waals surface area contributed by atoms with Gasteiger partial charge in [-0.3, -0.25) is 0 Å². The fraction of sp³-hybridized carbons (Fsp3) is 0. The van der Waals surface area contributed by atoms with Crippen molar-refractivity contribution in [2.75, 3.05) is 0 Å². The van der Waals surface area contributed by atoms with Crippen molar-refractivity contribution in [3.63, 3.8) is 0 Å². The molecule has 0 saturated carbocycles. The highest BCUT2D eigenvalue weighted by Crippen LogP contribution is 2.43. The lowest BCUT2D eigenvalue weighted by Crippen LogP contribution is -1.90. The summed E-state index contributed by atoms with van der Waals surface area (Å²) in [7, 11) is 0. The quantitative estimate of drug-likeness (QED) is 0.170. The van der Waals surface area contributed by atoms with Crippen molar-refractivity contribution < 1.29 is 38.4 Å². The SMILES string of the molecule is [2H]c1c([2H])c(-c2c([2H])c([2H])c3c([2H])c([2H])c4c([2H])c([2H])c([2H])c5c([2H])c([2H])c2c3c45)c([2H])c([2H])c1-c1c([2H])c(-c2c([2H])c([2H])c3c([2H])c([2H])c4c([2H])c([2H])c([2H])c5c([2H])c([2H])c2c3c45)c2c([2H])c([2H])c([2H])c([2H])c2c1[2H]. The Morgan fingerprint density at radius 1 is 0.250 bits per heavy atom. The molecule has 0 aliphatic heterocycles. The van der Waals surface area contributed by atoms with Crippen LogP contribution in [0.15, 0.2) is 169 Å². The fourth-order valence-corrected chi connectivity index (χ4v) is 6.31. The minimum Gasteiger partial charge on any atom is -0.0616 e. The summed E-state index contributed by atoms with van der Waals surface area (Å²) in [4.78, 5) is 0. The van der Waals surface area contributed by atoms with Gasteiger partial charge in [0.25, 0.3) is 0 Å². The van der Waals surface area contributed by atoms with Crippen molar-refractivity contribution in [3.05, 3.63) is 169 Å². The van der Waals surface area contributed by atoms with Crippen LogP contribution < -0.4 is 0 Å². The molecule has 11 aromatic rings. The van der Waals surface area contributed by atoms with Crippen LogP contribution in [-0.2, 0) is 0 Å². The first-order chi connectivity index (χ1) is 35.5. The lowest BCUT2D eigenvalue weighted by Gasteiger charge is -2.17. The molecule has 0 aliphatic carbocycles. The summed E-state index contributed by atoms with van der Waals surface area (Å²) in [5.74, 6) is 0. The van der Waals surface area contributed by atoms with E-state index in [4.69, 9.17) is 20.6 Å². The Balaban J connectivity index is 1.34. The van der Waals surface area contributed by atoms with Crippen LogP contribution in [0, 0.1) is 0 Å². The molecule has 0 aromatic heterocycles. The monoisotopic (exact) mass is 632 g/mol. The number of benzene rings is 11. The molecule has 0 spiro atoms. The van der Waals surface area contributed by atoms with Crippen molar-refractivity contribution in [2.45, 2.75) is 0 Å². The largest absolute Gasteiger partial charge is 0.0636 e. The first kappa shape index (κ1) is 10.9. The number of rotatable bonds is 3. The van der Waals surface area contributed by atoms with E-state index >= 15 is 0 Å². The lowest BCUT2D eigenvalue weighted by atomic mass is 9.87. The smallest absolute Gasteiger partial charge is 0.0616 e. The van der Waals surface area contributed by atoms with Crippen LogP contribution in [-0.4, -0.2) is 0 Å². The summed E-state index contributed by atoms with van der Waals surface area (Å²) in [6, 6.07) is -24.0. The Hall–Kier alpha value is -6.24. The van der Waals surface area contributed by atoms with Gasteiger partial charge in [0.05, 0.1) is 38.4 Å². The molecule has 220 valence electrons. The molecule has 0 heteroatoms. The molecule has 0 N–H and O–H groups in total. The summed E-state index contributed by atoms with van der Waals surface area (Å²) in [5.41, 5.74) is -4.69. The molecule has 0 radical (unpaired) electrons. The third kappa shape index (κ3) is 3.60. The lowest BCUT2D eigenvalue weighted by molar-refractivity contribution is 1.62. The standard InChI is InChI=1S/C48H28/c1-2-10-39-37(5-1)27-38(28-44(39)41-24-20-36-18-16-32-7-4-9-34-22-26-43(41)48(36)46(32)34)29-11-13-30(14-12-29)40-23-19-35-17-15-31-6-3-8-33-21-25-42(40)47(35)45(31)33/h1-28H/i1D,2D,3D,4D,5D,6D,7D,8D,9D,10D,11D,12D,13D,14D,15D,16D,17D,18D,19D,20D,21D,22D,23D,24D,25D,26D,27D,28D. The first-order valence-corrected chi connectivity index (χ1v) is 14.5. The van der Waals surface area contributed by atoms with E-state index in [1.807, 2.05) is 0 Å². The van der Waals surface area contributed by atoms with Crippen LogP contribution in [0.4, 0.5) is 0 Å². The molecule has 0 bridgehead atoms. The van der Waals surface area contributed by atoms with E-state index in [-0.39, 0.29) is 21.5 Å². The maximum absolute atomic E-state index is 9.97. The van der Waals surface area contributed by atoms with Crippen molar-refractivity contribution in [1.29, 1.82) is 0 Å². The minimum absolute atomic E-state index is 0.268. The van der Waals surface area contributed by atoms with Gasteiger partial charge in [-0.1, -0.05) is 157 Å². The van der Waals surface area contributed by atoms with Gasteiger partial charge in [-0.15, -0.1) is 0 Å². The van der Waals surface area contributed by atoms with Crippen molar-refractivity contribution in [3.8, 4) is 33.4 Å². The molecule has 11 aromatic carbocycles. The molecule has 0 atom stereocenters. The maximum Gasteiger partial charge on any atom is 0.0636 e. The van der Waals surface area contributed by atoms with Gasteiger partial charge >= 0.3 is 0 Å². The average Bonchev–Trinajstić information content (AvgIpc) is 3.37. The minimum atomic E-state index is -1.09. The van der Waals surface area contributed by atoms with Gasteiger partial charge in [-0.25, -0.2) is 0 Å². The Bertz CT molecular complexity index is 4580. The van der Waals surface area contributed by atoms with Gasteiger partial charge in [0.1, 0.15) is 0 Å². The Labute approximate surface area is 317 Å². The average molecular weight is 633 g/mol. The second-order valence-electron chi connectivity index (χ2n) is 11.0. The van der Waals surface area contributed by atoms with Gasteiger partial charge in [-0.2, -0.15) is 0 Å². The highest BCUT2D eigenvalue weighted by Gasteiger charge is 2.16. The zero-order valence-corrected chi connectivity index (χ0v) is 24.0. The highest BCUT2D eigenvalue weighted by atomic mass is 14.2.